The molecule has 1 atom stereocenters. The number of benzene rings is 1. The summed E-state index contributed by atoms with van der Waals surface area (Å²) in [6, 6.07) is 8.72. The summed E-state index contributed by atoms with van der Waals surface area (Å²) in [7, 11) is 1.97. The second kappa shape index (κ2) is 5.74. The maximum Gasteiger partial charge on any atom is 0.0653 e. The topological polar surface area (TPSA) is 36.9 Å². The molecule has 4 heteroatoms. The van der Waals surface area contributed by atoms with Crippen molar-refractivity contribution in [2.45, 2.75) is 19.9 Å². The van der Waals surface area contributed by atoms with E-state index in [0.29, 0.717) is 0 Å². The second-order valence-corrected chi connectivity index (χ2v) is 5.36. The highest BCUT2D eigenvalue weighted by Gasteiger charge is 2.24. The van der Waals surface area contributed by atoms with E-state index in [9.17, 15) is 0 Å². The number of aryl methyl sites for hydroxylation is 1. The first-order chi connectivity index (χ1) is 10.2. The van der Waals surface area contributed by atoms with Crippen LogP contribution in [0.15, 0.2) is 42.9 Å². The summed E-state index contributed by atoms with van der Waals surface area (Å²) in [6.45, 7) is 6.44. The zero-order valence-corrected chi connectivity index (χ0v) is 12.9. The van der Waals surface area contributed by atoms with Crippen molar-refractivity contribution in [2.24, 2.45) is 7.05 Å². The molecule has 3 rings (SSSR count). The number of nitrogens with one attached hydrogen (secondary N) is 1. The maximum atomic E-state index is 4.36. The van der Waals surface area contributed by atoms with Gasteiger partial charge in [0.2, 0.25) is 0 Å². The largest absolute Gasteiger partial charge is 0.361 e. The number of para-hydroxylation sites is 1. The molecule has 1 N–H and O–H groups in total. The normalized spacial score (nSPS) is 13.1. The number of nitrogens with zero attached hydrogens (tertiary/aromatic N) is 3. The molecule has 4 nitrogen and oxygen atoms in total. The van der Waals surface area contributed by atoms with E-state index in [-0.39, 0.29) is 6.04 Å². The number of hydrogen-bond acceptors (Lipinski definition) is 2. The first kappa shape index (κ1) is 13.9. The van der Waals surface area contributed by atoms with Gasteiger partial charge in [-0.2, -0.15) is 5.10 Å². The van der Waals surface area contributed by atoms with Crippen molar-refractivity contribution in [1.29, 1.82) is 0 Å². The minimum Gasteiger partial charge on any atom is -0.361 e. The van der Waals surface area contributed by atoms with Crippen LogP contribution < -0.4 is 0 Å². The summed E-state index contributed by atoms with van der Waals surface area (Å²) < 4.78 is 1.88. The number of hydrogen-bond donors (Lipinski definition) is 1. The van der Waals surface area contributed by atoms with Crippen LogP contribution in [0, 0.1) is 0 Å². The highest BCUT2D eigenvalue weighted by atomic mass is 15.2. The van der Waals surface area contributed by atoms with Crippen LogP contribution in [0.4, 0.5) is 0 Å². The van der Waals surface area contributed by atoms with Crippen LogP contribution in [-0.2, 0) is 7.05 Å². The van der Waals surface area contributed by atoms with Crippen LogP contribution in [0.5, 0.6) is 0 Å². The summed E-state index contributed by atoms with van der Waals surface area (Å²) in [5.41, 5.74) is 3.75. The summed E-state index contributed by atoms with van der Waals surface area (Å²) in [4.78, 5) is 5.86. The van der Waals surface area contributed by atoms with Crippen molar-refractivity contribution >= 4 is 10.9 Å². The van der Waals surface area contributed by atoms with Crippen LogP contribution >= 0.6 is 0 Å². The maximum absolute atomic E-state index is 4.36. The van der Waals surface area contributed by atoms with Gasteiger partial charge in [0.1, 0.15) is 0 Å². The Morgan fingerprint density at radius 1 is 1.24 bits per heavy atom. The highest BCUT2D eigenvalue weighted by Crippen LogP contribution is 2.33. The van der Waals surface area contributed by atoms with E-state index in [4.69, 9.17) is 0 Å². The van der Waals surface area contributed by atoms with Crippen molar-refractivity contribution in [3.8, 4) is 0 Å². The van der Waals surface area contributed by atoms with Crippen molar-refractivity contribution < 1.29 is 0 Å². The quantitative estimate of drug-likeness (QED) is 0.779. The molecule has 0 aliphatic heterocycles. The molecule has 0 aliphatic carbocycles. The van der Waals surface area contributed by atoms with Crippen molar-refractivity contribution in [1.82, 2.24) is 19.7 Å². The highest BCUT2D eigenvalue weighted by molar-refractivity contribution is 5.84. The van der Waals surface area contributed by atoms with Crippen LogP contribution in [0.25, 0.3) is 10.9 Å². The van der Waals surface area contributed by atoms with Crippen molar-refractivity contribution in [2.75, 3.05) is 13.1 Å². The molecule has 1 aromatic carbocycles. The van der Waals surface area contributed by atoms with E-state index >= 15 is 0 Å². The van der Waals surface area contributed by atoms with Crippen molar-refractivity contribution in [3.63, 3.8) is 0 Å². The molecule has 0 fully saturated rings. The van der Waals surface area contributed by atoms with Crippen LogP contribution in [0.2, 0.25) is 0 Å². The van der Waals surface area contributed by atoms with Crippen molar-refractivity contribution in [3.05, 3.63) is 54.0 Å². The molecule has 1 unspecified atom stereocenters. The third-order valence-electron chi connectivity index (χ3n) is 4.13. The Morgan fingerprint density at radius 2 is 2.00 bits per heavy atom. The Kier molecular flexibility index (Phi) is 3.80. The minimum absolute atomic E-state index is 0.241. The minimum atomic E-state index is 0.241. The number of rotatable bonds is 5. The predicted molar refractivity (Wildman–Crippen MR) is 86.3 cm³/mol. The standard InChI is InChI=1S/C17H22N4/c1-4-21(5-2)17(13-10-19-20(3)12-13)15-11-18-16-9-7-6-8-14(15)16/h6-12,17-18H,4-5H2,1-3H3. The van der Waals surface area contributed by atoms with Gasteiger partial charge in [0.25, 0.3) is 0 Å². The molecule has 0 aliphatic rings. The fraction of sp³-hybridized carbons (Fsp3) is 0.353. The fourth-order valence-corrected chi connectivity index (χ4v) is 3.08. The molecular formula is C17H22N4. The van der Waals surface area contributed by atoms with Gasteiger partial charge in [-0.05, 0) is 24.7 Å². The zero-order valence-electron chi connectivity index (χ0n) is 12.9. The number of aromatic amines is 1. The monoisotopic (exact) mass is 282 g/mol. The van der Waals surface area contributed by atoms with Gasteiger partial charge in [-0.15, -0.1) is 0 Å². The lowest BCUT2D eigenvalue weighted by Gasteiger charge is -2.29. The molecule has 2 aromatic heterocycles. The van der Waals surface area contributed by atoms with E-state index in [1.807, 2.05) is 17.9 Å². The van der Waals surface area contributed by atoms with Gasteiger partial charge < -0.3 is 4.98 Å². The third kappa shape index (κ3) is 2.47. The summed E-state index contributed by atoms with van der Waals surface area (Å²) >= 11 is 0. The molecule has 0 saturated heterocycles. The predicted octanol–water partition coefficient (Wildman–Crippen LogP) is 3.33. The Bertz CT molecular complexity index is 721. The van der Waals surface area contributed by atoms with Crippen LogP contribution in [0.1, 0.15) is 31.0 Å². The lowest BCUT2D eigenvalue weighted by molar-refractivity contribution is 0.252. The molecule has 0 spiro atoms. The Balaban J connectivity index is 2.14. The van der Waals surface area contributed by atoms with E-state index in [0.717, 1.165) is 13.1 Å². The van der Waals surface area contributed by atoms with E-state index in [2.05, 4.69) is 65.5 Å². The second-order valence-electron chi connectivity index (χ2n) is 5.36. The molecule has 21 heavy (non-hydrogen) atoms. The lowest BCUT2D eigenvalue weighted by atomic mass is 9.99. The molecule has 2 heterocycles. The first-order valence-corrected chi connectivity index (χ1v) is 7.53. The third-order valence-corrected chi connectivity index (χ3v) is 4.13. The van der Waals surface area contributed by atoms with Gasteiger partial charge >= 0.3 is 0 Å². The summed E-state index contributed by atoms with van der Waals surface area (Å²) in [5, 5.41) is 5.65. The van der Waals surface area contributed by atoms with Gasteiger partial charge in [0, 0.05) is 35.9 Å². The number of H-pyrrole nitrogens is 1. The van der Waals surface area contributed by atoms with Crippen LogP contribution in [-0.4, -0.2) is 32.8 Å². The number of fused-ring (bicyclic) bond motifs is 1. The first-order valence-electron chi connectivity index (χ1n) is 7.53. The average Bonchev–Trinajstić information content (AvgIpc) is 3.11. The smallest absolute Gasteiger partial charge is 0.0653 e. The zero-order chi connectivity index (χ0) is 14.8. The van der Waals surface area contributed by atoms with E-state index < -0.39 is 0 Å². The summed E-state index contributed by atoms with van der Waals surface area (Å²) in [5.74, 6) is 0. The Morgan fingerprint density at radius 3 is 2.67 bits per heavy atom. The van der Waals surface area contributed by atoms with E-state index in [1.165, 1.54) is 22.0 Å². The molecule has 3 aromatic rings. The molecule has 0 saturated carbocycles. The van der Waals surface area contributed by atoms with Gasteiger partial charge in [-0.3, -0.25) is 9.58 Å². The lowest BCUT2D eigenvalue weighted by Crippen LogP contribution is -2.29. The number of aromatic nitrogens is 3. The molecule has 0 amide bonds. The van der Waals surface area contributed by atoms with Gasteiger partial charge in [0.05, 0.1) is 12.2 Å². The Labute approximate surface area is 125 Å². The van der Waals surface area contributed by atoms with Gasteiger partial charge in [-0.25, -0.2) is 0 Å². The molecule has 0 radical (unpaired) electrons. The van der Waals surface area contributed by atoms with Gasteiger partial charge in [-0.1, -0.05) is 32.0 Å². The summed E-state index contributed by atoms with van der Waals surface area (Å²) in [6.07, 6.45) is 6.23. The van der Waals surface area contributed by atoms with Crippen LogP contribution in [0.3, 0.4) is 0 Å². The molecular weight excluding hydrogens is 260 g/mol. The molecule has 0 bridgehead atoms. The molecule has 110 valence electrons. The Hall–Kier alpha value is -2.07. The fourth-order valence-electron chi connectivity index (χ4n) is 3.08. The SMILES string of the molecule is CCN(CC)C(c1cnn(C)c1)c1c[nH]c2ccccc12. The van der Waals surface area contributed by atoms with E-state index in [1.54, 1.807) is 0 Å². The average molecular weight is 282 g/mol. The van der Waals surface area contributed by atoms with Gasteiger partial charge in [0.15, 0.2) is 0 Å².